The van der Waals surface area contributed by atoms with E-state index in [2.05, 4.69) is 10.3 Å². The van der Waals surface area contributed by atoms with Crippen molar-refractivity contribution in [3.8, 4) is 0 Å². The number of rotatable bonds is 6. The second-order valence-electron chi connectivity index (χ2n) is 6.63. The predicted molar refractivity (Wildman–Crippen MR) is 104 cm³/mol. The molecule has 1 atom stereocenters. The maximum atomic E-state index is 12.8. The molecule has 1 aromatic heterocycles. The lowest BCUT2D eigenvalue weighted by atomic mass is 10.2. The highest BCUT2D eigenvalue weighted by Gasteiger charge is 2.24. The summed E-state index contributed by atoms with van der Waals surface area (Å²) < 4.78 is 5.98. The first kappa shape index (κ1) is 19.4. The van der Waals surface area contributed by atoms with E-state index >= 15 is 0 Å². The maximum absolute atomic E-state index is 12.8. The van der Waals surface area contributed by atoms with Crippen molar-refractivity contribution < 1.29 is 14.3 Å². The van der Waals surface area contributed by atoms with Gasteiger partial charge in [-0.3, -0.25) is 19.0 Å². The van der Waals surface area contributed by atoms with E-state index in [0.29, 0.717) is 16.1 Å². The molecule has 1 saturated carbocycles. The fraction of sp³-hybridized carbons (Fsp3) is 0.474. The summed E-state index contributed by atoms with van der Waals surface area (Å²) in [7, 11) is 1.27. The van der Waals surface area contributed by atoms with Gasteiger partial charge in [0.1, 0.15) is 6.54 Å². The van der Waals surface area contributed by atoms with Crippen LogP contribution in [0.3, 0.4) is 0 Å². The lowest BCUT2D eigenvalue weighted by Crippen LogP contribution is -2.38. The number of carbonyl (C=O) groups excluding carboxylic acids is 2. The molecule has 0 aliphatic heterocycles. The molecule has 7 nitrogen and oxygen atoms in total. The molecule has 1 aliphatic carbocycles. The largest absolute Gasteiger partial charge is 0.468 e. The molecule has 2 aromatic rings. The first-order chi connectivity index (χ1) is 13.0. The Balaban J connectivity index is 1.89. The first-order valence-electron chi connectivity index (χ1n) is 9.03. The molecule has 1 heterocycles. The molecular formula is C19H23N3O4S. The number of fused-ring (bicyclic) bond motifs is 1. The lowest BCUT2D eigenvalue weighted by molar-refractivity contribution is -0.141. The van der Waals surface area contributed by atoms with Gasteiger partial charge in [0.2, 0.25) is 5.91 Å². The van der Waals surface area contributed by atoms with Crippen LogP contribution in [-0.2, 0) is 20.9 Å². The van der Waals surface area contributed by atoms with E-state index in [4.69, 9.17) is 4.74 Å². The molecule has 1 N–H and O–H groups in total. The molecule has 3 rings (SSSR count). The number of hydrogen-bond acceptors (Lipinski definition) is 6. The van der Waals surface area contributed by atoms with Gasteiger partial charge in [0.15, 0.2) is 5.16 Å². The van der Waals surface area contributed by atoms with Gasteiger partial charge in [0.05, 0.1) is 23.3 Å². The molecule has 0 saturated heterocycles. The van der Waals surface area contributed by atoms with Crippen molar-refractivity contribution in [2.75, 3.05) is 7.11 Å². The molecular weight excluding hydrogens is 366 g/mol. The van der Waals surface area contributed by atoms with Crippen molar-refractivity contribution >= 4 is 34.5 Å². The topological polar surface area (TPSA) is 90.3 Å². The van der Waals surface area contributed by atoms with E-state index in [1.807, 2.05) is 0 Å². The van der Waals surface area contributed by atoms with Gasteiger partial charge < -0.3 is 10.1 Å². The van der Waals surface area contributed by atoms with Gasteiger partial charge in [-0.25, -0.2) is 4.98 Å². The Morgan fingerprint density at radius 3 is 2.74 bits per heavy atom. The van der Waals surface area contributed by atoms with Gasteiger partial charge >= 0.3 is 5.97 Å². The third kappa shape index (κ3) is 4.50. The quantitative estimate of drug-likeness (QED) is 0.462. The number of aromatic nitrogens is 2. The standard InChI is InChI=1S/C19H23N3O4S/c1-12(17(24)20-13-7-3-4-8-13)27-19-21-15-10-6-5-9-14(15)18(25)22(19)11-16(23)26-2/h5-6,9-10,12-13H,3-4,7-8,11H2,1-2H3,(H,20,24)/t12-/m1/s1. The Hall–Kier alpha value is -2.35. The van der Waals surface area contributed by atoms with Gasteiger partial charge in [-0.2, -0.15) is 0 Å². The molecule has 0 spiro atoms. The number of ether oxygens (including phenoxy) is 1. The molecule has 27 heavy (non-hydrogen) atoms. The minimum atomic E-state index is -0.543. The Morgan fingerprint density at radius 1 is 1.33 bits per heavy atom. The van der Waals surface area contributed by atoms with E-state index in [0.717, 1.165) is 25.7 Å². The highest BCUT2D eigenvalue weighted by atomic mass is 32.2. The SMILES string of the molecule is COC(=O)Cn1c(S[C@H](C)C(=O)NC2CCCC2)nc2ccccc2c1=O. The average molecular weight is 389 g/mol. The van der Waals surface area contributed by atoms with Crippen LogP contribution >= 0.6 is 11.8 Å². The number of para-hydroxylation sites is 1. The molecule has 0 radical (unpaired) electrons. The van der Waals surface area contributed by atoms with E-state index in [1.165, 1.54) is 23.4 Å². The second-order valence-corrected chi connectivity index (χ2v) is 7.94. The third-order valence-corrected chi connectivity index (χ3v) is 5.78. The van der Waals surface area contributed by atoms with Crippen LogP contribution in [-0.4, -0.2) is 39.8 Å². The van der Waals surface area contributed by atoms with E-state index in [-0.39, 0.29) is 24.1 Å². The Morgan fingerprint density at radius 2 is 2.04 bits per heavy atom. The Kier molecular flexibility index (Phi) is 6.15. The van der Waals surface area contributed by atoms with Crippen LogP contribution in [0.4, 0.5) is 0 Å². The summed E-state index contributed by atoms with van der Waals surface area (Å²) in [5.41, 5.74) is 0.214. The van der Waals surface area contributed by atoms with Crippen molar-refractivity contribution in [3.63, 3.8) is 0 Å². The fourth-order valence-electron chi connectivity index (χ4n) is 3.17. The van der Waals surface area contributed by atoms with Crippen LogP contribution in [0, 0.1) is 0 Å². The van der Waals surface area contributed by atoms with Crippen molar-refractivity contribution in [3.05, 3.63) is 34.6 Å². The van der Waals surface area contributed by atoms with E-state index in [1.54, 1.807) is 31.2 Å². The maximum Gasteiger partial charge on any atom is 0.325 e. The van der Waals surface area contributed by atoms with Gasteiger partial charge in [0.25, 0.3) is 5.56 Å². The molecule has 8 heteroatoms. The number of thioether (sulfide) groups is 1. The molecule has 1 aromatic carbocycles. The number of benzene rings is 1. The fourth-order valence-corrected chi connectivity index (χ4v) is 4.09. The highest BCUT2D eigenvalue weighted by Crippen LogP contribution is 2.24. The van der Waals surface area contributed by atoms with Crippen molar-refractivity contribution in [2.45, 2.75) is 55.6 Å². The monoisotopic (exact) mass is 389 g/mol. The van der Waals surface area contributed by atoms with Gasteiger partial charge in [0, 0.05) is 6.04 Å². The zero-order valence-corrected chi connectivity index (χ0v) is 16.3. The van der Waals surface area contributed by atoms with E-state index in [9.17, 15) is 14.4 Å². The third-order valence-electron chi connectivity index (χ3n) is 4.69. The first-order valence-corrected chi connectivity index (χ1v) is 9.91. The number of hydrogen-bond donors (Lipinski definition) is 1. The van der Waals surface area contributed by atoms with Crippen LogP contribution in [0.2, 0.25) is 0 Å². The minimum absolute atomic E-state index is 0.0843. The zero-order valence-electron chi connectivity index (χ0n) is 15.4. The van der Waals surface area contributed by atoms with Gasteiger partial charge in [-0.15, -0.1) is 0 Å². The normalized spacial score (nSPS) is 15.6. The Bertz CT molecular complexity index is 905. The molecule has 1 fully saturated rings. The molecule has 0 unspecified atom stereocenters. The van der Waals surface area contributed by atoms with Crippen LogP contribution in [0.25, 0.3) is 10.9 Å². The lowest BCUT2D eigenvalue weighted by Gasteiger charge is -2.18. The number of nitrogens with zero attached hydrogens (tertiary/aromatic N) is 2. The summed E-state index contributed by atoms with van der Waals surface area (Å²) >= 11 is 1.18. The summed E-state index contributed by atoms with van der Waals surface area (Å²) in [4.78, 5) is 41.6. The van der Waals surface area contributed by atoms with Crippen molar-refractivity contribution in [2.24, 2.45) is 0 Å². The molecule has 144 valence electrons. The number of esters is 1. The number of amides is 1. The van der Waals surface area contributed by atoms with Crippen LogP contribution in [0.1, 0.15) is 32.6 Å². The minimum Gasteiger partial charge on any atom is -0.468 e. The summed E-state index contributed by atoms with van der Waals surface area (Å²) in [5.74, 6) is -0.627. The number of methoxy groups -OCH3 is 1. The number of nitrogens with one attached hydrogen (secondary N) is 1. The highest BCUT2D eigenvalue weighted by molar-refractivity contribution is 8.00. The van der Waals surface area contributed by atoms with Gasteiger partial charge in [-0.1, -0.05) is 36.7 Å². The molecule has 1 aliphatic rings. The van der Waals surface area contributed by atoms with Crippen LogP contribution in [0.5, 0.6) is 0 Å². The van der Waals surface area contributed by atoms with Crippen molar-refractivity contribution in [1.82, 2.24) is 14.9 Å². The zero-order chi connectivity index (χ0) is 19.4. The predicted octanol–water partition coefficient (Wildman–Crippen LogP) is 2.11. The molecule has 1 amide bonds. The summed E-state index contributed by atoms with van der Waals surface area (Å²) in [6.45, 7) is 1.53. The average Bonchev–Trinajstić information content (AvgIpc) is 3.17. The van der Waals surface area contributed by atoms with Gasteiger partial charge in [-0.05, 0) is 31.9 Å². The van der Waals surface area contributed by atoms with Crippen LogP contribution < -0.4 is 10.9 Å². The smallest absolute Gasteiger partial charge is 0.325 e. The van der Waals surface area contributed by atoms with E-state index < -0.39 is 11.2 Å². The second kappa shape index (κ2) is 8.56. The summed E-state index contributed by atoms with van der Waals surface area (Å²) in [5, 5.41) is 3.37. The Labute approximate surface area is 161 Å². The van der Waals surface area contributed by atoms with Crippen molar-refractivity contribution in [1.29, 1.82) is 0 Å². The number of carbonyl (C=O) groups is 2. The molecule has 0 bridgehead atoms. The summed E-state index contributed by atoms with van der Waals surface area (Å²) in [6, 6.07) is 7.18. The van der Waals surface area contributed by atoms with Crippen LogP contribution in [0.15, 0.2) is 34.2 Å². The summed E-state index contributed by atoms with van der Waals surface area (Å²) in [6.07, 6.45) is 4.28.